The van der Waals surface area contributed by atoms with Crippen molar-refractivity contribution in [1.29, 1.82) is 0 Å². The molecule has 8 rings (SSSR count). The monoisotopic (exact) mass is 1010 g/mol. The molecule has 2 aliphatic heterocycles. The fourth-order valence-corrected chi connectivity index (χ4v) is 9.89. The van der Waals surface area contributed by atoms with E-state index >= 15 is 0 Å². The summed E-state index contributed by atoms with van der Waals surface area (Å²) in [7, 11) is 5.33. The Morgan fingerprint density at radius 3 is 1.95 bits per heavy atom. The fourth-order valence-electron chi connectivity index (χ4n) is 9.89. The lowest BCUT2D eigenvalue weighted by Crippen LogP contribution is -2.56. The third kappa shape index (κ3) is 19.9. The van der Waals surface area contributed by atoms with Gasteiger partial charge in [0.1, 0.15) is 24.6 Å². The number of hydrogen-bond acceptors (Lipinski definition) is 11. The number of rotatable bonds is 16. The Labute approximate surface area is 435 Å². The highest BCUT2D eigenvalue weighted by Crippen LogP contribution is 2.30. The molecular weight excluding hydrogens is 923 g/mol. The zero-order valence-electron chi connectivity index (χ0n) is 45.0. The number of fused-ring (bicyclic) bond motifs is 1. The first-order valence-corrected chi connectivity index (χ1v) is 26.7. The van der Waals surface area contributed by atoms with Gasteiger partial charge in [0, 0.05) is 25.6 Å². The Hall–Kier alpha value is -5.78. The first kappa shape index (κ1) is 61.5. The highest BCUT2D eigenvalue weighted by molar-refractivity contribution is 5.92. The van der Waals surface area contributed by atoms with Gasteiger partial charge in [-0.05, 0) is 127 Å². The van der Waals surface area contributed by atoms with E-state index in [0.717, 1.165) is 82.4 Å². The minimum Gasteiger partial charge on any atom is -0.368 e. The van der Waals surface area contributed by atoms with Crippen molar-refractivity contribution < 1.29 is 28.8 Å². The summed E-state index contributed by atoms with van der Waals surface area (Å²) >= 11 is 0. The molecule has 1 aromatic heterocycles. The number of nitrogens with two attached hydrogens (primary N) is 2. The molecule has 3 heterocycles. The minimum absolute atomic E-state index is 0.101. The van der Waals surface area contributed by atoms with Crippen molar-refractivity contribution in [3.05, 3.63) is 95.3 Å². The molecule has 3 aliphatic carbocycles. The van der Waals surface area contributed by atoms with Gasteiger partial charge in [-0.25, -0.2) is 4.68 Å². The third-order valence-corrected chi connectivity index (χ3v) is 14.3. The molecule has 5 aliphatic rings. The molecule has 0 spiro atoms. The van der Waals surface area contributed by atoms with E-state index in [1.54, 1.807) is 37.0 Å². The predicted octanol–water partition coefficient (Wildman–Crippen LogP) is 5.73. The first-order chi connectivity index (χ1) is 35.3. The molecule has 0 radical (unpaired) electrons. The molecule has 2 saturated heterocycles. The summed E-state index contributed by atoms with van der Waals surface area (Å²) in [4.78, 5) is 70.0. The van der Waals surface area contributed by atoms with Crippen molar-refractivity contribution in [2.24, 2.45) is 23.3 Å². The van der Waals surface area contributed by atoms with E-state index in [1.807, 2.05) is 42.9 Å². The number of amides is 5. The average molecular weight is 1010 g/mol. The van der Waals surface area contributed by atoms with Gasteiger partial charge < -0.3 is 47.3 Å². The van der Waals surface area contributed by atoms with E-state index in [4.69, 9.17) is 16.3 Å². The highest BCUT2D eigenvalue weighted by Gasteiger charge is 2.40. The largest absolute Gasteiger partial charge is 0.368 e. The molecule has 17 heteroatoms. The molecular formula is C56H89N11O6. The van der Waals surface area contributed by atoms with Crippen LogP contribution in [0.5, 0.6) is 0 Å². The molecule has 17 nitrogen and oxygen atoms in total. The maximum Gasteiger partial charge on any atom is 0.246 e. The molecule has 1 saturated carbocycles. The second-order valence-corrected chi connectivity index (χ2v) is 19.6. The number of hydrogen-bond donors (Lipinski definition) is 6. The number of carbonyl (C=O) groups excluding carboxylic acids is 6. The van der Waals surface area contributed by atoms with Crippen LogP contribution in [0.25, 0.3) is 0 Å². The molecule has 404 valence electrons. The second kappa shape index (κ2) is 33.9. The summed E-state index contributed by atoms with van der Waals surface area (Å²) in [6, 6.07) is 18.8. The predicted molar refractivity (Wildman–Crippen MR) is 289 cm³/mol. The molecule has 6 atom stereocenters. The van der Waals surface area contributed by atoms with Gasteiger partial charge in [-0.1, -0.05) is 118 Å². The normalized spacial score (nSPS) is 19.9. The summed E-state index contributed by atoms with van der Waals surface area (Å²) in [6.45, 7) is 12.1. The van der Waals surface area contributed by atoms with E-state index in [1.165, 1.54) is 37.7 Å². The van der Waals surface area contributed by atoms with E-state index < -0.39 is 18.0 Å². The van der Waals surface area contributed by atoms with Crippen molar-refractivity contribution in [3.8, 4) is 0 Å². The fraction of sp³-hybridized carbons (Fsp3) is 0.607. The quantitative estimate of drug-likeness (QED) is 0.0948. The number of aromatic nitrogens is 3. The lowest BCUT2D eigenvalue weighted by atomic mass is 9.83. The van der Waals surface area contributed by atoms with Gasteiger partial charge in [-0.2, -0.15) is 0 Å². The van der Waals surface area contributed by atoms with Gasteiger partial charge >= 0.3 is 0 Å². The van der Waals surface area contributed by atoms with Crippen LogP contribution >= 0.6 is 0 Å². The van der Waals surface area contributed by atoms with Crippen molar-refractivity contribution in [3.63, 3.8) is 0 Å². The Kier molecular flexibility index (Phi) is 28.5. The van der Waals surface area contributed by atoms with Crippen LogP contribution in [0.15, 0.2) is 72.9 Å². The molecule has 0 bridgehead atoms. The van der Waals surface area contributed by atoms with Crippen LogP contribution in [-0.4, -0.2) is 126 Å². The summed E-state index contributed by atoms with van der Waals surface area (Å²) in [5.74, 6) is 0.283. The van der Waals surface area contributed by atoms with Crippen LogP contribution < -0.4 is 32.7 Å². The Morgan fingerprint density at radius 2 is 1.42 bits per heavy atom. The number of nitrogens with zero attached hydrogens (tertiary/aromatic N) is 5. The number of nitrogens with one attached hydrogen (secondary N) is 4. The Balaban J connectivity index is 0.000000251. The van der Waals surface area contributed by atoms with Crippen LogP contribution in [-0.2, 0) is 41.6 Å². The summed E-state index contributed by atoms with van der Waals surface area (Å²) in [5.41, 5.74) is 15.6. The van der Waals surface area contributed by atoms with Gasteiger partial charge in [0.15, 0.2) is 0 Å². The van der Waals surface area contributed by atoms with Gasteiger partial charge in [0.2, 0.25) is 29.5 Å². The topological polar surface area (TPSA) is 240 Å². The number of likely N-dealkylation sites (N-methyl/N-ethyl adjacent to an activating group) is 2. The van der Waals surface area contributed by atoms with Crippen LogP contribution in [0.1, 0.15) is 152 Å². The molecule has 3 fully saturated rings. The molecule has 3 aromatic rings. The lowest BCUT2D eigenvalue weighted by Gasteiger charge is -2.34. The smallest absolute Gasteiger partial charge is 0.246 e. The molecule has 8 N–H and O–H groups in total. The number of benzene rings is 2. The minimum atomic E-state index is -0.545. The second-order valence-electron chi connectivity index (χ2n) is 19.6. The van der Waals surface area contributed by atoms with Gasteiger partial charge in [0.25, 0.3) is 0 Å². The van der Waals surface area contributed by atoms with Gasteiger partial charge in [0.05, 0.1) is 30.9 Å². The Morgan fingerprint density at radius 1 is 0.808 bits per heavy atom. The maximum absolute atomic E-state index is 13.0. The van der Waals surface area contributed by atoms with Crippen molar-refractivity contribution in [2.45, 2.75) is 167 Å². The lowest BCUT2D eigenvalue weighted by molar-refractivity contribution is -0.142. The average Bonchev–Trinajstić information content (AvgIpc) is 4.24. The number of primary amides is 2. The van der Waals surface area contributed by atoms with Crippen LogP contribution in [0, 0.1) is 11.8 Å². The van der Waals surface area contributed by atoms with Crippen molar-refractivity contribution in [1.82, 2.24) is 46.1 Å². The van der Waals surface area contributed by atoms with Crippen molar-refractivity contribution in [2.75, 3.05) is 40.8 Å². The SMILES string of the molecule is C=O.CC1Cc2ccccc2C1.CCCCC(=O)N1CCC[C@@H]1CC.CNC(C)C(N)=O.CNC(c1ccccc1)c1cn(C2C=CC2)nn1.CNCC(=O)NC(C(=O)N1CCCC1C(N)=O)C1CCCCC1. The standard InChI is InChI=1S/C16H28N4O3.C14H16N4.C11H21NO.C10H12.C4H10N2O.CH2O/c1-18-10-13(21)19-14(11-6-3-2-4-7-11)16(23)20-9-5-8-12(20)15(17)22;1-15-14(11-6-3-2-4-7-11)13-10-18(17-16-13)12-8-5-9-12;1-3-5-8-11(13)12-9-6-7-10(12)4-2;1-8-6-9-4-2-3-5-10(9)7-8;1-3(6-2)4(5)7;1-2/h11-12,14,18H,2-10H2,1H3,(H2,17,22)(H,19,21);2-8,10,12,14-15H,9H2,1H3;10H,3-9H2,1-2H3;2-5,8H,6-7H2,1H3;3,6H,1-2H3,(H2,5,7);1H2/t;;10-;;;/m..0.../s1. The van der Waals surface area contributed by atoms with E-state index in [9.17, 15) is 24.0 Å². The van der Waals surface area contributed by atoms with Crippen LogP contribution in [0.3, 0.4) is 0 Å². The zero-order chi connectivity index (χ0) is 53.7. The van der Waals surface area contributed by atoms with Gasteiger partial charge in [-0.15, -0.1) is 5.10 Å². The summed E-state index contributed by atoms with van der Waals surface area (Å²) < 4.78 is 1.93. The number of allylic oxidation sites excluding steroid dienone is 2. The first-order valence-electron chi connectivity index (χ1n) is 26.7. The highest BCUT2D eigenvalue weighted by atomic mass is 16.2. The third-order valence-electron chi connectivity index (χ3n) is 14.3. The number of unbranched alkanes of at least 4 members (excludes halogenated alkanes) is 1. The molecule has 5 amide bonds. The van der Waals surface area contributed by atoms with E-state index in [0.29, 0.717) is 31.0 Å². The summed E-state index contributed by atoms with van der Waals surface area (Å²) in [6.07, 6.45) is 23.0. The van der Waals surface area contributed by atoms with E-state index in [-0.39, 0.29) is 42.3 Å². The van der Waals surface area contributed by atoms with Crippen LogP contribution in [0.4, 0.5) is 0 Å². The molecule has 73 heavy (non-hydrogen) atoms. The maximum atomic E-state index is 13.0. The molecule has 5 unspecified atom stereocenters. The zero-order valence-corrected chi connectivity index (χ0v) is 45.0. The number of likely N-dealkylation sites (tertiary alicyclic amines) is 2. The number of carbonyl (C=O) groups is 6. The Bertz CT molecular complexity index is 2100. The van der Waals surface area contributed by atoms with E-state index in [2.05, 4.69) is 106 Å². The van der Waals surface area contributed by atoms with Crippen molar-refractivity contribution >= 4 is 36.3 Å². The molecule has 2 aromatic carbocycles. The van der Waals surface area contributed by atoms with Crippen LogP contribution in [0.2, 0.25) is 0 Å². The van der Waals surface area contributed by atoms with Gasteiger partial charge in [-0.3, -0.25) is 24.0 Å². The summed E-state index contributed by atoms with van der Waals surface area (Å²) in [5, 5.41) is 20.1.